The highest BCUT2D eigenvalue weighted by molar-refractivity contribution is 5.87. The minimum Gasteiger partial charge on any atom is -0.456 e. The van der Waals surface area contributed by atoms with Crippen LogP contribution < -0.4 is 0 Å². The molecule has 3 rings (SSSR count). The Morgan fingerprint density at radius 2 is 1.47 bits per heavy atom. The molecule has 0 bridgehead atoms. The van der Waals surface area contributed by atoms with Crippen molar-refractivity contribution in [1.29, 1.82) is 0 Å². The second kappa shape index (κ2) is 11.6. The van der Waals surface area contributed by atoms with Gasteiger partial charge in [-0.25, -0.2) is 0 Å². The van der Waals surface area contributed by atoms with Gasteiger partial charge in [0.2, 0.25) is 12.4 Å². The van der Waals surface area contributed by atoms with E-state index < -0.39 is 48.5 Å². The zero-order valence-corrected chi connectivity index (χ0v) is 19.4. The molecule has 1 aromatic carbocycles. The van der Waals surface area contributed by atoms with Crippen LogP contribution >= 0.6 is 0 Å². The summed E-state index contributed by atoms with van der Waals surface area (Å²) in [6.45, 7) is 4.59. The number of hydrogen-bond donors (Lipinski definition) is 1. The van der Waals surface area contributed by atoms with Gasteiger partial charge in [-0.05, 0) is 11.6 Å². The van der Waals surface area contributed by atoms with Crippen molar-refractivity contribution in [1.82, 2.24) is 4.98 Å². The molecular formula is C24H29NO9. The molecule has 0 amide bonds. The fraction of sp³-hybridized carbons (Fsp3) is 0.500. The molecule has 2 aromatic rings. The van der Waals surface area contributed by atoms with Crippen molar-refractivity contribution in [2.24, 2.45) is 0 Å². The summed E-state index contributed by atoms with van der Waals surface area (Å²) < 4.78 is 27.4. The first-order valence-electron chi connectivity index (χ1n) is 11.3. The van der Waals surface area contributed by atoms with Gasteiger partial charge in [-0.1, -0.05) is 39.0 Å². The number of aromatic amines is 1. The molecule has 10 nitrogen and oxygen atoms in total. The molecule has 0 unspecified atom stereocenters. The standard InChI is InChI=1S/C24H29NO9/c1-4-18(26)31-17-13-30-24(23(33-20(28)6-3)22(17)32-19(27)5-2)34-21(29)11-14-12-25-16-10-8-7-9-15(14)16/h7-10,12,17,22-25H,4-6,11,13H2,1-3H3/t17-,22-,23-,24+/m1/s1. The summed E-state index contributed by atoms with van der Waals surface area (Å²) in [7, 11) is 0. The highest BCUT2D eigenvalue weighted by atomic mass is 16.7. The zero-order valence-electron chi connectivity index (χ0n) is 19.4. The number of benzene rings is 1. The van der Waals surface area contributed by atoms with E-state index in [1.54, 1.807) is 27.0 Å². The summed E-state index contributed by atoms with van der Waals surface area (Å²) >= 11 is 0. The number of para-hydroxylation sites is 1. The number of aromatic nitrogens is 1. The van der Waals surface area contributed by atoms with E-state index in [9.17, 15) is 19.2 Å². The van der Waals surface area contributed by atoms with Crippen molar-refractivity contribution in [2.45, 2.75) is 71.1 Å². The second-order valence-electron chi connectivity index (χ2n) is 7.73. The molecule has 0 saturated carbocycles. The van der Waals surface area contributed by atoms with Gasteiger partial charge >= 0.3 is 23.9 Å². The van der Waals surface area contributed by atoms with Crippen molar-refractivity contribution in [2.75, 3.05) is 6.61 Å². The summed E-state index contributed by atoms with van der Waals surface area (Å²) in [5.74, 6) is -2.38. The van der Waals surface area contributed by atoms with Crippen LogP contribution in [0.25, 0.3) is 10.9 Å². The molecule has 0 spiro atoms. The van der Waals surface area contributed by atoms with Crippen LogP contribution in [0.3, 0.4) is 0 Å². The number of esters is 4. The third-order valence-electron chi connectivity index (χ3n) is 5.32. The van der Waals surface area contributed by atoms with Gasteiger partial charge < -0.3 is 28.7 Å². The van der Waals surface area contributed by atoms with Gasteiger partial charge in [0.05, 0.1) is 13.0 Å². The first kappa shape index (κ1) is 25.2. The molecule has 184 valence electrons. The summed E-state index contributed by atoms with van der Waals surface area (Å²) in [6, 6.07) is 7.51. The van der Waals surface area contributed by atoms with Gasteiger partial charge in [0, 0.05) is 36.4 Å². The molecule has 10 heteroatoms. The molecule has 0 aliphatic carbocycles. The largest absolute Gasteiger partial charge is 0.456 e. The number of carbonyl (C=O) groups is 4. The molecule has 4 atom stereocenters. The van der Waals surface area contributed by atoms with Crippen LogP contribution in [0.5, 0.6) is 0 Å². The maximum Gasteiger partial charge on any atom is 0.312 e. The summed E-state index contributed by atoms with van der Waals surface area (Å²) in [5.41, 5.74) is 1.60. The van der Waals surface area contributed by atoms with Crippen LogP contribution in [0.1, 0.15) is 45.6 Å². The molecule has 1 N–H and O–H groups in total. The lowest BCUT2D eigenvalue weighted by Gasteiger charge is -2.40. The molecule has 34 heavy (non-hydrogen) atoms. The van der Waals surface area contributed by atoms with E-state index in [0.29, 0.717) is 0 Å². The lowest BCUT2D eigenvalue weighted by molar-refractivity contribution is -0.275. The van der Waals surface area contributed by atoms with Crippen LogP contribution in [-0.2, 0) is 49.3 Å². The Balaban J connectivity index is 1.80. The molecule has 1 aliphatic rings. The Kier molecular flexibility index (Phi) is 8.64. The number of nitrogens with one attached hydrogen (secondary N) is 1. The number of rotatable bonds is 9. The van der Waals surface area contributed by atoms with E-state index in [1.807, 2.05) is 24.3 Å². The predicted octanol–water partition coefficient (Wildman–Crippen LogP) is 2.58. The summed E-state index contributed by atoms with van der Waals surface area (Å²) in [5, 5.41) is 0.874. The van der Waals surface area contributed by atoms with Crippen LogP contribution in [0.15, 0.2) is 30.5 Å². The van der Waals surface area contributed by atoms with Gasteiger partial charge in [-0.2, -0.15) is 0 Å². The molecule has 1 aromatic heterocycles. The van der Waals surface area contributed by atoms with Crippen molar-refractivity contribution in [3.63, 3.8) is 0 Å². The highest BCUT2D eigenvalue weighted by Crippen LogP contribution is 2.27. The van der Waals surface area contributed by atoms with E-state index in [2.05, 4.69) is 4.98 Å². The maximum absolute atomic E-state index is 12.8. The molecule has 1 aliphatic heterocycles. The second-order valence-corrected chi connectivity index (χ2v) is 7.73. The fourth-order valence-corrected chi connectivity index (χ4v) is 3.54. The van der Waals surface area contributed by atoms with Crippen molar-refractivity contribution in [3.8, 4) is 0 Å². The molecule has 2 heterocycles. The summed E-state index contributed by atoms with van der Waals surface area (Å²) in [6.07, 6.45) is -3.06. The van der Waals surface area contributed by atoms with Crippen LogP contribution in [-0.4, -0.2) is 60.1 Å². The molecule has 1 fully saturated rings. The average molecular weight is 475 g/mol. The topological polar surface area (TPSA) is 130 Å². The average Bonchev–Trinajstić information content (AvgIpc) is 3.24. The minimum atomic E-state index is -1.35. The fourth-order valence-electron chi connectivity index (χ4n) is 3.54. The van der Waals surface area contributed by atoms with Gasteiger partial charge in [0.1, 0.15) is 0 Å². The minimum absolute atomic E-state index is 0.0281. The van der Waals surface area contributed by atoms with Gasteiger partial charge in [-0.3, -0.25) is 19.2 Å². The third kappa shape index (κ3) is 6.13. The van der Waals surface area contributed by atoms with E-state index in [1.165, 1.54) is 0 Å². The van der Waals surface area contributed by atoms with E-state index in [0.717, 1.165) is 16.5 Å². The van der Waals surface area contributed by atoms with Crippen molar-refractivity contribution in [3.05, 3.63) is 36.0 Å². The first-order valence-corrected chi connectivity index (χ1v) is 11.3. The monoisotopic (exact) mass is 475 g/mol. The Morgan fingerprint density at radius 3 is 2.15 bits per heavy atom. The maximum atomic E-state index is 12.8. The Hall–Kier alpha value is -3.40. The lowest BCUT2D eigenvalue weighted by atomic mass is 10.0. The zero-order chi connectivity index (χ0) is 24.7. The highest BCUT2D eigenvalue weighted by Gasteiger charge is 2.49. The molecular weight excluding hydrogens is 446 g/mol. The number of fused-ring (bicyclic) bond motifs is 1. The van der Waals surface area contributed by atoms with Gasteiger partial charge in [0.25, 0.3) is 0 Å². The van der Waals surface area contributed by atoms with Crippen molar-refractivity contribution < 1.29 is 42.9 Å². The lowest BCUT2D eigenvalue weighted by Crippen LogP contribution is -2.58. The normalized spacial score (nSPS) is 22.1. The number of H-pyrrole nitrogens is 1. The van der Waals surface area contributed by atoms with Gasteiger partial charge in [0.15, 0.2) is 12.2 Å². The van der Waals surface area contributed by atoms with Crippen LogP contribution in [0.4, 0.5) is 0 Å². The predicted molar refractivity (Wildman–Crippen MR) is 118 cm³/mol. The number of carbonyl (C=O) groups excluding carboxylic acids is 4. The first-order chi connectivity index (χ1) is 16.4. The Morgan fingerprint density at radius 1 is 0.853 bits per heavy atom. The van der Waals surface area contributed by atoms with Gasteiger partial charge in [-0.15, -0.1) is 0 Å². The number of ether oxygens (including phenoxy) is 5. The van der Waals surface area contributed by atoms with E-state index in [-0.39, 0.29) is 32.3 Å². The third-order valence-corrected chi connectivity index (χ3v) is 5.32. The number of hydrogen-bond acceptors (Lipinski definition) is 9. The smallest absolute Gasteiger partial charge is 0.312 e. The Labute approximate surface area is 196 Å². The SMILES string of the molecule is CCC(=O)O[C@H]1[C@H](OC(=O)Cc2c[nH]c3ccccc23)OC[C@@H](OC(=O)CC)[C@H]1OC(=O)CC. The van der Waals surface area contributed by atoms with E-state index >= 15 is 0 Å². The van der Waals surface area contributed by atoms with Crippen LogP contribution in [0, 0.1) is 0 Å². The van der Waals surface area contributed by atoms with Crippen molar-refractivity contribution >= 4 is 34.8 Å². The quantitative estimate of drug-likeness (QED) is 0.429. The van der Waals surface area contributed by atoms with Crippen LogP contribution in [0.2, 0.25) is 0 Å². The Bertz CT molecular complexity index is 1030. The molecule has 0 radical (unpaired) electrons. The summed E-state index contributed by atoms with van der Waals surface area (Å²) in [4.78, 5) is 52.0. The molecule has 1 saturated heterocycles. The van der Waals surface area contributed by atoms with E-state index in [4.69, 9.17) is 23.7 Å².